The zero-order valence-corrected chi connectivity index (χ0v) is 15.7. The fourth-order valence-electron chi connectivity index (χ4n) is 5.32. The molecule has 1 aromatic rings. The average Bonchev–Trinajstić information content (AvgIpc) is 3.25. The Morgan fingerprint density at radius 1 is 1.11 bits per heavy atom. The molecule has 0 bridgehead atoms. The molecule has 1 aromatic carbocycles. The maximum Gasteiger partial charge on any atom is 0.303 e. The van der Waals surface area contributed by atoms with Crippen LogP contribution < -0.4 is 9.47 Å². The van der Waals surface area contributed by atoms with E-state index in [0.29, 0.717) is 30.0 Å². The molecule has 0 radical (unpaired) electrons. The Balaban J connectivity index is 1.66. The largest absolute Gasteiger partial charge is 0.459 e. The van der Waals surface area contributed by atoms with E-state index in [1.165, 1.54) is 13.8 Å². The lowest BCUT2D eigenvalue weighted by atomic mass is 9.68. The summed E-state index contributed by atoms with van der Waals surface area (Å²) in [4.78, 5) is 38.6. The highest BCUT2D eigenvalue weighted by atomic mass is 16.7. The van der Waals surface area contributed by atoms with Crippen LogP contribution in [0, 0.1) is 5.92 Å². The summed E-state index contributed by atoms with van der Waals surface area (Å²) in [7, 11) is 0. The summed E-state index contributed by atoms with van der Waals surface area (Å²) in [6, 6.07) is 3.44. The van der Waals surface area contributed by atoms with Gasteiger partial charge in [0.2, 0.25) is 6.79 Å². The van der Waals surface area contributed by atoms with Crippen molar-refractivity contribution in [3.8, 4) is 11.5 Å². The topological polar surface area (TPSA) is 91.4 Å². The number of esters is 2. The molecule has 0 spiro atoms. The average molecular weight is 387 g/mol. The zero-order valence-electron chi connectivity index (χ0n) is 15.7. The number of amides is 1. The third-order valence-corrected chi connectivity index (χ3v) is 6.22. The predicted molar refractivity (Wildman–Crippen MR) is 94.0 cm³/mol. The van der Waals surface area contributed by atoms with Crippen LogP contribution in [0.3, 0.4) is 0 Å². The Labute approximate surface area is 161 Å². The highest BCUT2D eigenvalue weighted by molar-refractivity contribution is 5.98. The van der Waals surface area contributed by atoms with Crippen LogP contribution in [0.2, 0.25) is 0 Å². The summed E-state index contributed by atoms with van der Waals surface area (Å²) in [6.45, 7) is 3.45. The first-order valence-corrected chi connectivity index (χ1v) is 9.53. The van der Waals surface area contributed by atoms with Crippen LogP contribution in [-0.2, 0) is 19.1 Å². The van der Waals surface area contributed by atoms with Gasteiger partial charge in [-0.3, -0.25) is 14.4 Å². The van der Waals surface area contributed by atoms with Gasteiger partial charge < -0.3 is 23.8 Å². The van der Waals surface area contributed by atoms with E-state index in [0.717, 1.165) is 12.0 Å². The molecule has 1 saturated heterocycles. The Morgan fingerprint density at radius 3 is 2.54 bits per heavy atom. The van der Waals surface area contributed by atoms with Crippen molar-refractivity contribution in [2.75, 3.05) is 13.3 Å². The molecule has 5 rings (SSSR count). The van der Waals surface area contributed by atoms with Crippen LogP contribution in [0.4, 0.5) is 0 Å². The third-order valence-electron chi connectivity index (χ3n) is 6.22. The minimum atomic E-state index is -0.657. The highest BCUT2D eigenvalue weighted by Crippen LogP contribution is 2.52. The van der Waals surface area contributed by atoms with Crippen LogP contribution in [0.15, 0.2) is 12.1 Å². The van der Waals surface area contributed by atoms with Gasteiger partial charge in [-0.15, -0.1) is 0 Å². The first kappa shape index (κ1) is 17.3. The van der Waals surface area contributed by atoms with Gasteiger partial charge in [0.1, 0.15) is 12.2 Å². The molecular formula is C20H21NO7. The van der Waals surface area contributed by atoms with E-state index >= 15 is 0 Å². The molecule has 8 heteroatoms. The van der Waals surface area contributed by atoms with E-state index in [-0.39, 0.29) is 30.6 Å². The van der Waals surface area contributed by atoms with E-state index in [1.54, 1.807) is 6.07 Å². The molecule has 3 aliphatic heterocycles. The van der Waals surface area contributed by atoms with E-state index < -0.39 is 24.1 Å². The van der Waals surface area contributed by atoms with E-state index in [9.17, 15) is 14.4 Å². The zero-order chi connectivity index (χ0) is 19.6. The quantitative estimate of drug-likeness (QED) is 0.712. The molecule has 1 aliphatic carbocycles. The number of fused-ring (bicyclic) bond motifs is 3. The highest BCUT2D eigenvalue weighted by Gasteiger charge is 2.57. The predicted octanol–water partition coefficient (Wildman–Crippen LogP) is 1.61. The lowest BCUT2D eigenvalue weighted by Gasteiger charge is -2.48. The Bertz CT molecular complexity index is 882. The Morgan fingerprint density at radius 2 is 1.82 bits per heavy atom. The number of nitrogens with zero attached hydrogens (tertiary/aromatic N) is 1. The monoisotopic (exact) mass is 387 g/mol. The second-order valence-corrected chi connectivity index (χ2v) is 7.81. The summed E-state index contributed by atoms with van der Waals surface area (Å²) < 4.78 is 22.2. The Hall–Kier alpha value is -2.77. The molecule has 1 amide bonds. The van der Waals surface area contributed by atoms with Crippen LogP contribution in [0.1, 0.15) is 48.5 Å². The summed E-state index contributed by atoms with van der Waals surface area (Å²) >= 11 is 0. The number of hydrogen-bond acceptors (Lipinski definition) is 7. The van der Waals surface area contributed by atoms with E-state index in [4.69, 9.17) is 18.9 Å². The van der Waals surface area contributed by atoms with Gasteiger partial charge in [0.05, 0.1) is 0 Å². The number of carbonyl (C=O) groups excluding carboxylic acids is 3. The molecule has 2 unspecified atom stereocenters. The van der Waals surface area contributed by atoms with E-state index in [1.807, 2.05) is 11.0 Å². The smallest absolute Gasteiger partial charge is 0.303 e. The fraction of sp³-hybridized carbons (Fsp3) is 0.550. The summed E-state index contributed by atoms with van der Waals surface area (Å²) in [5, 5.41) is 0. The first-order valence-electron chi connectivity index (χ1n) is 9.53. The first-order chi connectivity index (χ1) is 13.4. The summed E-state index contributed by atoms with van der Waals surface area (Å²) in [6.07, 6.45) is 0.204. The van der Waals surface area contributed by atoms with Crippen molar-refractivity contribution >= 4 is 17.8 Å². The summed E-state index contributed by atoms with van der Waals surface area (Å²) in [5.74, 6) is 0.131. The van der Waals surface area contributed by atoms with Crippen molar-refractivity contribution in [2.24, 2.45) is 5.92 Å². The summed E-state index contributed by atoms with van der Waals surface area (Å²) in [5.41, 5.74) is 1.30. The van der Waals surface area contributed by atoms with Crippen LogP contribution in [0.5, 0.6) is 11.5 Å². The Kier molecular flexibility index (Phi) is 3.79. The molecule has 3 heterocycles. The van der Waals surface area contributed by atoms with Crippen molar-refractivity contribution in [1.82, 2.24) is 4.90 Å². The number of benzene rings is 1. The molecule has 4 aliphatic rings. The van der Waals surface area contributed by atoms with Crippen LogP contribution in [-0.4, -0.2) is 54.3 Å². The molecule has 5 atom stereocenters. The van der Waals surface area contributed by atoms with Gasteiger partial charge in [-0.1, -0.05) is 0 Å². The maximum atomic E-state index is 13.2. The lowest BCUT2D eigenvalue weighted by molar-refractivity contribution is -0.175. The number of ether oxygens (including phenoxy) is 4. The molecule has 0 N–H and O–H groups in total. The van der Waals surface area contributed by atoms with Gasteiger partial charge in [0, 0.05) is 37.9 Å². The van der Waals surface area contributed by atoms with Crippen molar-refractivity contribution in [1.29, 1.82) is 0 Å². The van der Waals surface area contributed by atoms with Crippen molar-refractivity contribution in [3.63, 3.8) is 0 Å². The van der Waals surface area contributed by atoms with Crippen LogP contribution >= 0.6 is 0 Å². The van der Waals surface area contributed by atoms with Crippen molar-refractivity contribution in [2.45, 2.75) is 50.9 Å². The molecule has 28 heavy (non-hydrogen) atoms. The minimum absolute atomic E-state index is 0.0374. The van der Waals surface area contributed by atoms with Gasteiger partial charge in [-0.25, -0.2) is 0 Å². The standard InChI is InChI=1S/C20H21NO7/c1-9(22)27-16-5-11-3-4-21-18(11)17(19(16)28-10(2)23)12-6-14-15(26-8-25-14)7-13(12)20(21)24/h6-7,11,16-19H,3-5,8H2,1-2H3/t11?,16-,17-,18?,19-/m0/s1. The molecule has 1 saturated carbocycles. The number of carbonyl (C=O) groups is 3. The van der Waals surface area contributed by atoms with Gasteiger partial charge >= 0.3 is 11.9 Å². The van der Waals surface area contributed by atoms with Crippen molar-refractivity contribution in [3.05, 3.63) is 23.3 Å². The maximum absolute atomic E-state index is 13.2. The molecule has 0 aromatic heterocycles. The van der Waals surface area contributed by atoms with Crippen LogP contribution in [0.25, 0.3) is 0 Å². The SMILES string of the molecule is CC(=O)O[C@H]1[C@@H](OC(C)=O)CC2CCN3C(=O)c4cc5c(cc4[C@H]1C23)OCO5. The molecular weight excluding hydrogens is 366 g/mol. The normalized spacial score (nSPS) is 31.9. The van der Waals surface area contributed by atoms with Gasteiger partial charge in [0.15, 0.2) is 11.5 Å². The van der Waals surface area contributed by atoms with Crippen molar-refractivity contribution < 1.29 is 33.3 Å². The lowest BCUT2D eigenvalue weighted by Crippen LogP contribution is -2.57. The van der Waals surface area contributed by atoms with Gasteiger partial charge in [0.25, 0.3) is 5.91 Å². The van der Waals surface area contributed by atoms with Gasteiger partial charge in [-0.05, 0) is 36.5 Å². The molecule has 8 nitrogen and oxygen atoms in total. The number of hydrogen-bond donors (Lipinski definition) is 0. The molecule has 2 fully saturated rings. The second kappa shape index (κ2) is 6.12. The number of rotatable bonds is 2. The van der Waals surface area contributed by atoms with E-state index in [2.05, 4.69) is 0 Å². The minimum Gasteiger partial charge on any atom is -0.459 e. The third kappa shape index (κ3) is 2.47. The van der Waals surface area contributed by atoms with Gasteiger partial charge in [-0.2, -0.15) is 0 Å². The second-order valence-electron chi connectivity index (χ2n) is 7.81. The molecule has 148 valence electrons. The fourth-order valence-corrected chi connectivity index (χ4v) is 5.32.